The van der Waals surface area contributed by atoms with Gasteiger partial charge < -0.3 is 10.3 Å². The second-order valence-electron chi connectivity index (χ2n) is 5.51. The first-order valence-electron chi connectivity index (χ1n) is 6.92. The molecule has 0 radical (unpaired) electrons. The SMILES string of the molecule is CSC1CCCC1n1c(N)nc2c(S(C)(=O)=O)cccc21. The minimum absolute atomic E-state index is 0.254. The Balaban J connectivity index is 2.23. The van der Waals surface area contributed by atoms with Crippen LogP contribution in [0.5, 0.6) is 0 Å². The summed E-state index contributed by atoms with van der Waals surface area (Å²) in [7, 11) is -3.31. The van der Waals surface area contributed by atoms with Gasteiger partial charge in [0.05, 0.1) is 10.4 Å². The Hall–Kier alpha value is -1.21. The van der Waals surface area contributed by atoms with Crippen molar-refractivity contribution in [1.82, 2.24) is 9.55 Å². The summed E-state index contributed by atoms with van der Waals surface area (Å²) >= 11 is 1.84. The Morgan fingerprint density at radius 2 is 2.14 bits per heavy atom. The summed E-state index contributed by atoms with van der Waals surface area (Å²) in [5.74, 6) is 0.409. The van der Waals surface area contributed by atoms with Crippen LogP contribution < -0.4 is 5.73 Å². The number of hydrogen-bond donors (Lipinski definition) is 1. The first-order chi connectivity index (χ1) is 9.93. The van der Waals surface area contributed by atoms with Crippen LogP contribution in [0.2, 0.25) is 0 Å². The maximum absolute atomic E-state index is 11.9. The molecule has 0 bridgehead atoms. The number of imidazole rings is 1. The Morgan fingerprint density at radius 1 is 1.38 bits per heavy atom. The second kappa shape index (κ2) is 5.21. The smallest absolute Gasteiger partial charge is 0.201 e. The number of rotatable bonds is 3. The van der Waals surface area contributed by atoms with Gasteiger partial charge in [0.15, 0.2) is 9.84 Å². The van der Waals surface area contributed by atoms with Crippen LogP contribution in [-0.2, 0) is 9.84 Å². The minimum Gasteiger partial charge on any atom is -0.369 e. The number of hydrogen-bond acceptors (Lipinski definition) is 5. The van der Waals surface area contributed by atoms with Gasteiger partial charge in [-0.2, -0.15) is 11.8 Å². The van der Waals surface area contributed by atoms with E-state index in [1.807, 2.05) is 22.4 Å². The molecule has 1 aromatic carbocycles. The molecule has 1 heterocycles. The van der Waals surface area contributed by atoms with Gasteiger partial charge in [-0.25, -0.2) is 13.4 Å². The lowest BCUT2D eigenvalue weighted by atomic mass is 10.2. The van der Waals surface area contributed by atoms with Crippen LogP contribution in [0.25, 0.3) is 11.0 Å². The molecule has 1 aliphatic rings. The monoisotopic (exact) mass is 325 g/mol. The van der Waals surface area contributed by atoms with Gasteiger partial charge in [0, 0.05) is 17.5 Å². The van der Waals surface area contributed by atoms with Crippen molar-refractivity contribution in [2.24, 2.45) is 0 Å². The molecule has 1 saturated carbocycles. The molecular weight excluding hydrogens is 306 g/mol. The zero-order valence-electron chi connectivity index (χ0n) is 12.1. The Labute approximate surface area is 128 Å². The lowest BCUT2D eigenvalue weighted by Gasteiger charge is -2.21. The van der Waals surface area contributed by atoms with E-state index < -0.39 is 9.84 Å². The van der Waals surface area contributed by atoms with E-state index in [9.17, 15) is 8.42 Å². The number of nitrogen functional groups attached to an aromatic ring is 1. The van der Waals surface area contributed by atoms with Crippen molar-refractivity contribution in [2.75, 3.05) is 18.2 Å². The predicted molar refractivity (Wildman–Crippen MR) is 87.4 cm³/mol. The summed E-state index contributed by atoms with van der Waals surface area (Å²) < 4.78 is 25.9. The third kappa shape index (κ3) is 2.42. The largest absolute Gasteiger partial charge is 0.369 e. The molecule has 0 spiro atoms. The van der Waals surface area contributed by atoms with Gasteiger partial charge in [0.2, 0.25) is 5.95 Å². The Morgan fingerprint density at radius 3 is 2.81 bits per heavy atom. The highest BCUT2D eigenvalue weighted by molar-refractivity contribution is 7.99. The first-order valence-corrected chi connectivity index (χ1v) is 10.1. The summed E-state index contributed by atoms with van der Waals surface area (Å²) in [6.45, 7) is 0. The van der Waals surface area contributed by atoms with E-state index in [1.54, 1.807) is 12.1 Å². The van der Waals surface area contributed by atoms with Crippen molar-refractivity contribution < 1.29 is 8.42 Å². The molecular formula is C14H19N3O2S2. The molecule has 2 N–H and O–H groups in total. The van der Waals surface area contributed by atoms with Gasteiger partial charge in [0.25, 0.3) is 0 Å². The molecule has 21 heavy (non-hydrogen) atoms. The highest BCUT2D eigenvalue weighted by Crippen LogP contribution is 2.41. The number of nitrogens with two attached hydrogens (primary N) is 1. The molecule has 0 amide bonds. The van der Waals surface area contributed by atoms with Gasteiger partial charge in [0.1, 0.15) is 5.52 Å². The number of nitrogens with zero attached hydrogens (tertiary/aromatic N) is 2. The molecule has 0 saturated heterocycles. The van der Waals surface area contributed by atoms with Crippen LogP contribution in [0.15, 0.2) is 23.1 Å². The van der Waals surface area contributed by atoms with Crippen LogP contribution in [0, 0.1) is 0 Å². The summed E-state index contributed by atoms with van der Waals surface area (Å²) in [5.41, 5.74) is 7.42. The second-order valence-corrected chi connectivity index (χ2v) is 8.57. The summed E-state index contributed by atoms with van der Waals surface area (Å²) in [6, 6.07) is 5.55. The molecule has 2 unspecified atom stereocenters. The number of thioether (sulfide) groups is 1. The van der Waals surface area contributed by atoms with Crippen molar-refractivity contribution in [3.63, 3.8) is 0 Å². The van der Waals surface area contributed by atoms with Gasteiger partial charge in [-0.05, 0) is 31.2 Å². The lowest BCUT2D eigenvalue weighted by molar-refractivity contribution is 0.549. The Kier molecular flexibility index (Phi) is 3.65. The van der Waals surface area contributed by atoms with Crippen molar-refractivity contribution in [3.8, 4) is 0 Å². The fourth-order valence-electron chi connectivity index (χ4n) is 3.23. The van der Waals surface area contributed by atoms with Crippen LogP contribution >= 0.6 is 11.8 Å². The molecule has 2 atom stereocenters. The topological polar surface area (TPSA) is 78.0 Å². The number of para-hydroxylation sites is 1. The quantitative estimate of drug-likeness (QED) is 0.938. The molecule has 7 heteroatoms. The molecule has 1 aromatic heterocycles. The lowest BCUT2D eigenvalue weighted by Crippen LogP contribution is -2.17. The van der Waals surface area contributed by atoms with E-state index >= 15 is 0 Å². The van der Waals surface area contributed by atoms with Crippen molar-refractivity contribution >= 4 is 38.6 Å². The number of anilines is 1. The van der Waals surface area contributed by atoms with Crippen molar-refractivity contribution in [1.29, 1.82) is 0 Å². The maximum Gasteiger partial charge on any atom is 0.201 e. The number of benzene rings is 1. The molecule has 114 valence electrons. The van der Waals surface area contributed by atoms with Gasteiger partial charge in [-0.15, -0.1) is 0 Å². The standard InChI is InChI=1S/C14H19N3O2S2/c1-20-11-7-3-5-9(11)17-10-6-4-8-12(21(2,18)19)13(10)16-14(17)15/h4,6,8-9,11H,3,5,7H2,1-2H3,(H2,15,16). The van der Waals surface area contributed by atoms with Crippen LogP contribution in [0.4, 0.5) is 5.95 Å². The highest BCUT2D eigenvalue weighted by atomic mass is 32.2. The summed E-state index contributed by atoms with van der Waals surface area (Å²) in [6.07, 6.45) is 6.71. The van der Waals surface area contributed by atoms with E-state index in [-0.39, 0.29) is 4.90 Å². The van der Waals surface area contributed by atoms with Gasteiger partial charge >= 0.3 is 0 Å². The number of aromatic nitrogens is 2. The molecule has 0 aliphatic heterocycles. The fourth-order valence-corrected chi connectivity index (χ4v) is 5.04. The zero-order chi connectivity index (χ0) is 15.2. The van der Waals surface area contributed by atoms with E-state index in [0.29, 0.717) is 22.8 Å². The molecule has 1 aliphatic carbocycles. The van der Waals surface area contributed by atoms with Crippen molar-refractivity contribution in [2.45, 2.75) is 35.4 Å². The first kappa shape index (κ1) is 14.7. The van der Waals surface area contributed by atoms with E-state index in [1.165, 1.54) is 12.7 Å². The van der Waals surface area contributed by atoms with E-state index in [4.69, 9.17) is 5.73 Å². The summed E-state index contributed by atoms with van der Waals surface area (Å²) in [5, 5.41) is 0.506. The van der Waals surface area contributed by atoms with E-state index in [2.05, 4.69) is 11.2 Å². The highest BCUT2D eigenvalue weighted by Gasteiger charge is 2.31. The normalized spacial score (nSPS) is 23.0. The third-order valence-electron chi connectivity index (χ3n) is 4.16. The average Bonchev–Trinajstić information content (AvgIpc) is 2.98. The number of fused-ring (bicyclic) bond motifs is 1. The molecule has 2 aromatic rings. The van der Waals surface area contributed by atoms with Gasteiger partial charge in [-0.3, -0.25) is 0 Å². The Bertz CT molecular complexity index is 783. The molecule has 5 nitrogen and oxygen atoms in total. The average molecular weight is 325 g/mol. The number of sulfone groups is 1. The molecule has 3 rings (SSSR count). The van der Waals surface area contributed by atoms with Crippen LogP contribution in [-0.4, -0.2) is 35.7 Å². The third-order valence-corrected chi connectivity index (χ3v) is 6.45. The fraction of sp³-hybridized carbons (Fsp3) is 0.500. The van der Waals surface area contributed by atoms with Gasteiger partial charge in [-0.1, -0.05) is 12.5 Å². The predicted octanol–water partition coefficient (Wildman–Crippen LogP) is 2.48. The zero-order valence-corrected chi connectivity index (χ0v) is 13.7. The minimum atomic E-state index is -3.31. The van der Waals surface area contributed by atoms with Crippen LogP contribution in [0.3, 0.4) is 0 Å². The summed E-state index contributed by atoms with van der Waals surface area (Å²) in [4.78, 5) is 4.60. The van der Waals surface area contributed by atoms with E-state index in [0.717, 1.165) is 18.4 Å². The maximum atomic E-state index is 11.9. The van der Waals surface area contributed by atoms with Crippen molar-refractivity contribution in [3.05, 3.63) is 18.2 Å². The van der Waals surface area contributed by atoms with Crippen LogP contribution in [0.1, 0.15) is 25.3 Å². The molecule has 1 fully saturated rings.